The molecule has 9 nitrogen and oxygen atoms in total. The molecule has 0 aliphatic carbocycles. The Hall–Kier alpha value is -2.23. The van der Waals surface area contributed by atoms with Gasteiger partial charge < -0.3 is 19.1 Å². The molecular formula is C22H31N2O7PS. The molecule has 0 atom stereocenters. The summed E-state index contributed by atoms with van der Waals surface area (Å²) in [6, 6.07) is 15.4. The number of hydrogen-bond donors (Lipinski definition) is 2. The second kappa shape index (κ2) is 13.5. The van der Waals surface area contributed by atoms with Crippen LogP contribution in [0.1, 0.15) is 33.1 Å². The molecule has 182 valence electrons. The summed E-state index contributed by atoms with van der Waals surface area (Å²) in [4.78, 5) is 12.2. The highest BCUT2D eigenvalue weighted by Gasteiger charge is 2.33. The first-order valence-electron chi connectivity index (χ1n) is 10.8. The Kier molecular flexibility index (Phi) is 11.0. The van der Waals surface area contributed by atoms with E-state index in [-0.39, 0.29) is 24.7 Å². The van der Waals surface area contributed by atoms with Gasteiger partial charge in [-0.05, 0) is 63.1 Å². The Morgan fingerprint density at radius 2 is 1.42 bits per heavy atom. The van der Waals surface area contributed by atoms with Gasteiger partial charge in [0.05, 0.1) is 18.1 Å². The molecule has 0 fully saturated rings. The van der Waals surface area contributed by atoms with Crippen molar-refractivity contribution in [1.29, 1.82) is 0 Å². The van der Waals surface area contributed by atoms with Gasteiger partial charge in [-0.15, -0.1) is 0 Å². The van der Waals surface area contributed by atoms with Crippen molar-refractivity contribution in [2.24, 2.45) is 0 Å². The number of sulfonamides is 1. The van der Waals surface area contributed by atoms with Crippen LogP contribution in [-0.4, -0.2) is 40.4 Å². The second-order valence-corrected chi connectivity index (χ2v) is 10.6. The zero-order valence-electron chi connectivity index (χ0n) is 18.9. The predicted octanol–water partition coefficient (Wildman–Crippen LogP) is 4.90. The molecule has 0 heterocycles. The molecule has 0 spiro atoms. The van der Waals surface area contributed by atoms with Crippen molar-refractivity contribution in [3.05, 3.63) is 54.6 Å². The van der Waals surface area contributed by atoms with E-state index < -0.39 is 23.3 Å². The minimum atomic E-state index is -3.80. The second-order valence-electron chi connectivity index (χ2n) is 6.91. The van der Waals surface area contributed by atoms with E-state index in [9.17, 15) is 17.8 Å². The number of ether oxygens (including phenoxy) is 1. The lowest BCUT2D eigenvalue weighted by Gasteiger charge is -2.16. The van der Waals surface area contributed by atoms with Gasteiger partial charge in [0.2, 0.25) is 10.0 Å². The lowest BCUT2D eigenvalue weighted by molar-refractivity contribution is 0.207. The summed E-state index contributed by atoms with van der Waals surface area (Å²) in [6.45, 7) is 4.02. The minimum absolute atomic E-state index is 0.105. The molecule has 0 saturated heterocycles. The summed E-state index contributed by atoms with van der Waals surface area (Å²) in [5, 5.41) is 2.55. The number of nitrogens with one attached hydrogen (secondary N) is 2. The van der Waals surface area contributed by atoms with Crippen molar-refractivity contribution in [1.82, 2.24) is 10.0 Å². The molecule has 0 radical (unpaired) electrons. The fourth-order valence-electron chi connectivity index (χ4n) is 2.81. The normalized spacial score (nSPS) is 11.8. The molecule has 33 heavy (non-hydrogen) atoms. The van der Waals surface area contributed by atoms with E-state index in [1.165, 1.54) is 12.1 Å². The van der Waals surface area contributed by atoms with Crippen LogP contribution in [0.25, 0.3) is 0 Å². The molecule has 2 aromatic rings. The highest BCUT2D eigenvalue weighted by Crippen LogP contribution is 2.48. The molecule has 0 unspecified atom stereocenters. The first-order valence-corrected chi connectivity index (χ1v) is 13.8. The maximum atomic E-state index is 12.4. The van der Waals surface area contributed by atoms with Crippen molar-refractivity contribution in [2.45, 2.75) is 38.0 Å². The van der Waals surface area contributed by atoms with Gasteiger partial charge in [-0.3, -0.25) is 4.79 Å². The fourth-order valence-corrected chi connectivity index (χ4v) is 5.18. The van der Waals surface area contributed by atoms with Crippen molar-refractivity contribution in [3.63, 3.8) is 0 Å². The smallest absolute Gasteiger partial charge is 0.418 e. The van der Waals surface area contributed by atoms with E-state index in [1.54, 1.807) is 26.0 Å². The Morgan fingerprint density at radius 1 is 0.848 bits per heavy atom. The van der Waals surface area contributed by atoms with Gasteiger partial charge in [-0.25, -0.2) is 17.7 Å². The minimum Gasteiger partial charge on any atom is -0.457 e. The zero-order chi connectivity index (χ0) is 24.2. The maximum Gasteiger partial charge on any atom is 0.418 e. The van der Waals surface area contributed by atoms with Crippen LogP contribution >= 0.6 is 7.60 Å². The van der Waals surface area contributed by atoms with Crippen LogP contribution in [0.4, 0.5) is 4.79 Å². The number of amides is 1. The number of carbonyl (C=O) groups is 1. The lowest BCUT2D eigenvalue weighted by Crippen LogP contribution is -2.26. The van der Waals surface area contributed by atoms with E-state index in [1.807, 2.05) is 30.3 Å². The first-order chi connectivity index (χ1) is 15.8. The van der Waals surface area contributed by atoms with Crippen LogP contribution in [-0.2, 0) is 23.6 Å². The molecular weight excluding hydrogens is 467 g/mol. The average molecular weight is 499 g/mol. The number of carbonyl (C=O) groups excluding carboxylic acids is 1. The van der Waals surface area contributed by atoms with Gasteiger partial charge in [-0.1, -0.05) is 24.6 Å². The SMILES string of the molecule is CCOP(=O)(OCC)C(=O)NCCCCCNS(=O)(=O)c1ccc(Oc2ccccc2)cc1. The number of para-hydroxylation sites is 1. The van der Waals surface area contributed by atoms with Crippen LogP contribution in [0.5, 0.6) is 11.5 Å². The third-order valence-corrected chi connectivity index (χ3v) is 7.71. The van der Waals surface area contributed by atoms with Gasteiger partial charge >= 0.3 is 13.2 Å². The van der Waals surface area contributed by atoms with Gasteiger partial charge in [0, 0.05) is 13.1 Å². The quantitative estimate of drug-likeness (QED) is 0.265. The molecule has 0 saturated carbocycles. The molecule has 0 aliphatic heterocycles. The van der Waals surface area contributed by atoms with Gasteiger partial charge in [0.25, 0.3) is 0 Å². The number of hydrogen-bond acceptors (Lipinski definition) is 7. The Balaban J connectivity index is 1.70. The summed E-state index contributed by atoms with van der Waals surface area (Å²) in [5.74, 6) is 1.21. The largest absolute Gasteiger partial charge is 0.457 e. The number of rotatable bonds is 15. The standard InChI is InChI=1S/C22H31N2O7PS/c1-3-29-32(26,30-4-2)22(25)23-17-9-6-10-18-24-33(27,28)21-15-13-20(14-16-21)31-19-11-7-5-8-12-19/h5,7-8,11-16,24H,3-4,6,9-10,17-18H2,1-2H3,(H,23,25). The highest BCUT2D eigenvalue weighted by molar-refractivity contribution is 7.89. The van der Waals surface area contributed by atoms with Crippen molar-refractivity contribution in [2.75, 3.05) is 26.3 Å². The summed E-state index contributed by atoms with van der Waals surface area (Å²) < 4.78 is 55.4. The molecule has 2 N–H and O–H groups in total. The van der Waals surface area contributed by atoms with Crippen molar-refractivity contribution in [3.8, 4) is 11.5 Å². The third-order valence-electron chi connectivity index (χ3n) is 4.38. The number of unbranched alkanes of at least 4 members (excludes halogenated alkanes) is 2. The monoisotopic (exact) mass is 498 g/mol. The molecule has 2 rings (SSSR count). The third kappa shape index (κ3) is 8.91. The summed E-state index contributed by atoms with van der Waals surface area (Å²) >= 11 is 0. The topological polar surface area (TPSA) is 120 Å². The average Bonchev–Trinajstić information content (AvgIpc) is 2.79. The molecule has 11 heteroatoms. The van der Waals surface area contributed by atoms with Gasteiger partial charge in [0.1, 0.15) is 11.5 Å². The van der Waals surface area contributed by atoms with E-state index >= 15 is 0 Å². The van der Waals surface area contributed by atoms with Crippen LogP contribution in [0.15, 0.2) is 59.5 Å². The Morgan fingerprint density at radius 3 is 2.03 bits per heavy atom. The fraction of sp³-hybridized carbons (Fsp3) is 0.409. The zero-order valence-corrected chi connectivity index (χ0v) is 20.6. The van der Waals surface area contributed by atoms with E-state index in [4.69, 9.17) is 13.8 Å². The molecule has 2 aromatic carbocycles. The summed E-state index contributed by atoms with van der Waals surface area (Å²) in [6.07, 6.45) is 1.84. The molecule has 0 bridgehead atoms. The van der Waals surface area contributed by atoms with E-state index in [0.29, 0.717) is 37.3 Å². The van der Waals surface area contributed by atoms with E-state index in [2.05, 4.69) is 10.0 Å². The summed E-state index contributed by atoms with van der Waals surface area (Å²) in [7, 11) is -7.44. The highest BCUT2D eigenvalue weighted by atomic mass is 32.2. The maximum absolute atomic E-state index is 12.4. The van der Waals surface area contributed by atoms with Crippen LogP contribution in [0.2, 0.25) is 0 Å². The summed E-state index contributed by atoms with van der Waals surface area (Å²) in [5.41, 5.74) is -0.758. The van der Waals surface area contributed by atoms with E-state index in [0.717, 1.165) is 0 Å². The van der Waals surface area contributed by atoms with Crippen LogP contribution in [0.3, 0.4) is 0 Å². The number of benzene rings is 2. The predicted molar refractivity (Wildman–Crippen MR) is 126 cm³/mol. The Bertz CT molecular complexity index is 1000. The van der Waals surface area contributed by atoms with Gasteiger partial charge in [0.15, 0.2) is 0 Å². The lowest BCUT2D eigenvalue weighted by atomic mass is 10.2. The first kappa shape index (κ1) is 27.0. The van der Waals surface area contributed by atoms with Crippen molar-refractivity contribution >= 4 is 23.3 Å². The van der Waals surface area contributed by atoms with Crippen LogP contribution < -0.4 is 14.8 Å². The van der Waals surface area contributed by atoms with Crippen LogP contribution in [0, 0.1) is 0 Å². The van der Waals surface area contributed by atoms with Gasteiger partial charge in [-0.2, -0.15) is 0 Å². The molecule has 1 amide bonds. The molecule has 0 aromatic heterocycles. The molecule has 0 aliphatic rings. The van der Waals surface area contributed by atoms with Crippen molar-refractivity contribution < 1.29 is 31.6 Å². The Labute approximate surface area is 195 Å².